The molecule has 0 aliphatic carbocycles. The summed E-state index contributed by atoms with van der Waals surface area (Å²) in [6.07, 6.45) is 4.96. The molecule has 2 atom stereocenters. The number of rotatable bonds is 6. The zero-order valence-corrected chi connectivity index (χ0v) is 15.9. The summed E-state index contributed by atoms with van der Waals surface area (Å²) in [4.78, 5) is 29.3. The molecule has 2 amide bonds. The van der Waals surface area contributed by atoms with Crippen LogP contribution in [-0.4, -0.2) is 73.5 Å². The first kappa shape index (κ1) is 18.6. The van der Waals surface area contributed by atoms with Gasteiger partial charge in [0.15, 0.2) is 0 Å². The molecule has 6 heteroatoms. The molecule has 25 heavy (non-hydrogen) atoms. The zero-order valence-electron chi connectivity index (χ0n) is 15.9. The molecule has 3 saturated heterocycles. The Morgan fingerprint density at radius 1 is 1.36 bits per heavy atom. The lowest BCUT2D eigenvalue weighted by molar-refractivity contribution is -0.129. The minimum absolute atomic E-state index is 0.0642. The highest BCUT2D eigenvalue weighted by Crippen LogP contribution is 2.27. The first-order valence-corrected chi connectivity index (χ1v) is 10.0. The topological polar surface area (TPSA) is 64.7 Å². The molecule has 0 saturated carbocycles. The standard InChI is InChI=1S/C19H34N4O2/c1-3-22-10-4-5-16(22)13-23-12-15(11-17(23)24)18(25)21-14-19(2)6-8-20-9-7-19/h15-16,20H,3-14H2,1-2H3,(H,21,25). The van der Waals surface area contributed by atoms with Crippen molar-refractivity contribution < 1.29 is 9.59 Å². The van der Waals surface area contributed by atoms with E-state index in [1.165, 1.54) is 12.8 Å². The van der Waals surface area contributed by atoms with Crippen molar-refractivity contribution in [3.05, 3.63) is 0 Å². The Kier molecular flexibility index (Phi) is 6.00. The quantitative estimate of drug-likeness (QED) is 0.745. The third kappa shape index (κ3) is 4.53. The van der Waals surface area contributed by atoms with E-state index < -0.39 is 0 Å². The highest BCUT2D eigenvalue weighted by Gasteiger charge is 2.37. The summed E-state index contributed by atoms with van der Waals surface area (Å²) in [7, 11) is 0. The molecule has 0 spiro atoms. The molecule has 6 nitrogen and oxygen atoms in total. The molecule has 0 aromatic carbocycles. The molecule has 142 valence electrons. The van der Waals surface area contributed by atoms with E-state index in [0.29, 0.717) is 19.0 Å². The predicted octanol–water partition coefficient (Wildman–Crippen LogP) is 0.825. The maximum absolute atomic E-state index is 12.6. The fraction of sp³-hybridized carbons (Fsp3) is 0.895. The van der Waals surface area contributed by atoms with Crippen molar-refractivity contribution in [2.24, 2.45) is 11.3 Å². The number of likely N-dealkylation sites (tertiary alicyclic amines) is 2. The van der Waals surface area contributed by atoms with E-state index in [1.54, 1.807) is 0 Å². The van der Waals surface area contributed by atoms with Crippen LogP contribution in [0.15, 0.2) is 0 Å². The van der Waals surface area contributed by atoms with E-state index in [1.807, 2.05) is 4.90 Å². The van der Waals surface area contributed by atoms with Crippen LogP contribution in [0, 0.1) is 11.3 Å². The summed E-state index contributed by atoms with van der Waals surface area (Å²) in [5, 5.41) is 6.50. The third-order valence-corrected chi connectivity index (χ3v) is 6.42. The van der Waals surface area contributed by atoms with Gasteiger partial charge in [-0.2, -0.15) is 0 Å². The second-order valence-electron chi connectivity index (χ2n) is 8.40. The number of piperidine rings is 1. The van der Waals surface area contributed by atoms with Gasteiger partial charge in [-0.05, 0) is 57.3 Å². The van der Waals surface area contributed by atoms with Gasteiger partial charge in [-0.25, -0.2) is 0 Å². The summed E-state index contributed by atoms with van der Waals surface area (Å²) in [6.45, 7) is 10.8. The Balaban J connectivity index is 1.47. The molecule has 3 fully saturated rings. The van der Waals surface area contributed by atoms with Gasteiger partial charge in [0, 0.05) is 32.1 Å². The van der Waals surface area contributed by atoms with Crippen LogP contribution in [0.1, 0.15) is 46.0 Å². The molecule has 0 aromatic rings. The Hall–Kier alpha value is -1.14. The highest BCUT2D eigenvalue weighted by molar-refractivity contribution is 5.89. The number of likely N-dealkylation sites (N-methyl/N-ethyl adjacent to an activating group) is 1. The van der Waals surface area contributed by atoms with Gasteiger partial charge in [0.25, 0.3) is 0 Å². The molecular weight excluding hydrogens is 316 g/mol. The number of nitrogens with one attached hydrogen (secondary N) is 2. The van der Waals surface area contributed by atoms with Crippen molar-refractivity contribution in [3.8, 4) is 0 Å². The van der Waals surface area contributed by atoms with Gasteiger partial charge >= 0.3 is 0 Å². The van der Waals surface area contributed by atoms with Crippen molar-refractivity contribution in [1.29, 1.82) is 0 Å². The Labute approximate surface area is 151 Å². The number of carbonyl (C=O) groups excluding carboxylic acids is 2. The van der Waals surface area contributed by atoms with E-state index in [9.17, 15) is 9.59 Å². The molecular formula is C19H34N4O2. The predicted molar refractivity (Wildman–Crippen MR) is 98.2 cm³/mol. The number of hydrogen-bond donors (Lipinski definition) is 2. The number of carbonyl (C=O) groups is 2. The highest BCUT2D eigenvalue weighted by atomic mass is 16.2. The summed E-state index contributed by atoms with van der Waals surface area (Å²) in [5.74, 6) is 0.0415. The molecule has 0 radical (unpaired) electrons. The lowest BCUT2D eigenvalue weighted by atomic mass is 9.81. The molecule has 3 rings (SSSR count). The number of hydrogen-bond acceptors (Lipinski definition) is 4. The van der Waals surface area contributed by atoms with Crippen LogP contribution < -0.4 is 10.6 Å². The smallest absolute Gasteiger partial charge is 0.225 e. The van der Waals surface area contributed by atoms with Crippen molar-refractivity contribution in [2.75, 3.05) is 45.8 Å². The van der Waals surface area contributed by atoms with Crippen LogP contribution in [0.5, 0.6) is 0 Å². The minimum atomic E-state index is -0.172. The van der Waals surface area contributed by atoms with E-state index >= 15 is 0 Å². The van der Waals surface area contributed by atoms with E-state index in [2.05, 4.69) is 29.4 Å². The van der Waals surface area contributed by atoms with Crippen molar-refractivity contribution >= 4 is 11.8 Å². The fourth-order valence-electron chi connectivity index (χ4n) is 4.55. The Bertz CT molecular complexity index is 490. The summed E-state index contributed by atoms with van der Waals surface area (Å²) in [6, 6.07) is 0.476. The van der Waals surface area contributed by atoms with Gasteiger partial charge in [-0.1, -0.05) is 13.8 Å². The van der Waals surface area contributed by atoms with Crippen molar-refractivity contribution in [2.45, 2.75) is 52.0 Å². The maximum Gasteiger partial charge on any atom is 0.225 e. The average molecular weight is 351 g/mol. The van der Waals surface area contributed by atoms with Crippen LogP contribution in [-0.2, 0) is 9.59 Å². The van der Waals surface area contributed by atoms with Crippen LogP contribution in [0.3, 0.4) is 0 Å². The first-order valence-electron chi connectivity index (χ1n) is 10.0. The first-order chi connectivity index (χ1) is 12.0. The van der Waals surface area contributed by atoms with E-state index in [4.69, 9.17) is 0 Å². The van der Waals surface area contributed by atoms with Crippen molar-refractivity contribution in [1.82, 2.24) is 20.4 Å². The lowest BCUT2D eigenvalue weighted by Crippen LogP contribution is -2.45. The Morgan fingerprint density at radius 2 is 2.12 bits per heavy atom. The van der Waals surface area contributed by atoms with Crippen LogP contribution in [0.25, 0.3) is 0 Å². The van der Waals surface area contributed by atoms with Crippen LogP contribution in [0.4, 0.5) is 0 Å². The summed E-state index contributed by atoms with van der Waals surface area (Å²) >= 11 is 0. The molecule has 3 aliphatic rings. The van der Waals surface area contributed by atoms with Crippen LogP contribution >= 0.6 is 0 Å². The van der Waals surface area contributed by atoms with E-state index in [-0.39, 0.29) is 23.1 Å². The normalized spacial score (nSPS) is 30.0. The minimum Gasteiger partial charge on any atom is -0.355 e. The van der Waals surface area contributed by atoms with Crippen LogP contribution in [0.2, 0.25) is 0 Å². The molecule has 3 aliphatic heterocycles. The summed E-state index contributed by atoms with van der Waals surface area (Å²) in [5.41, 5.74) is 0.189. The summed E-state index contributed by atoms with van der Waals surface area (Å²) < 4.78 is 0. The van der Waals surface area contributed by atoms with Gasteiger partial charge in [0.1, 0.15) is 0 Å². The van der Waals surface area contributed by atoms with Gasteiger partial charge < -0.3 is 15.5 Å². The molecule has 2 unspecified atom stereocenters. The van der Waals surface area contributed by atoms with Crippen molar-refractivity contribution in [3.63, 3.8) is 0 Å². The zero-order chi connectivity index (χ0) is 17.9. The van der Waals surface area contributed by atoms with Gasteiger partial charge in [0.05, 0.1) is 5.92 Å². The maximum atomic E-state index is 12.6. The Morgan fingerprint density at radius 3 is 2.84 bits per heavy atom. The third-order valence-electron chi connectivity index (χ3n) is 6.42. The van der Waals surface area contributed by atoms with E-state index in [0.717, 1.165) is 52.1 Å². The fourth-order valence-corrected chi connectivity index (χ4v) is 4.55. The molecule has 3 heterocycles. The monoisotopic (exact) mass is 350 g/mol. The number of amides is 2. The average Bonchev–Trinajstić information content (AvgIpc) is 3.20. The molecule has 2 N–H and O–H groups in total. The second kappa shape index (κ2) is 8.04. The number of nitrogens with zero attached hydrogens (tertiary/aromatic N) is 2. The second-order valence-corrected chi connectivity index (χ2v) is 8.40. The van der Waals surface area contributed by atoms with Gasteiger partial charge in [0.2, 0.25) is 11.8 Å². The van der Waals surface area contributed by atoms with Gasteiger partial charge in [-0.15, -0.1) is 0 Å². The molecule has 0 aromatic heterocycles. The lowest BCUT2D eigenvalue weighted by Gasteiger charge is -2.34. The SMILES string of the molecule is CCN1CCCC1CN1CC(C(=O)NCC2(C)CCNCC2)CC1=O. The molecule has 0 bridgehead atoms. The largest absolute Gasteiger partial charge is 0.355 e. The van der Waals surface area contributed by atoms with Gasteiger partial charge in [-0.3, -0.25) is 14.5 Å².